The van der Waals surface area contributed by atoms with E-state index in [1.165, 1.54) is 6.20 Å². The fraction of sp³-hybridized carbons (Fsp3) is 0.552. The molecule has 1 aromatic carbocycles. The van der Waals surface area contributed by atoms with E-state index in [2.05, 4.69) is 22.3 Å². The van der Waals surface area contributed by atoms with Gasteiger partial charge in [-0.15, -0.1) is 12.4 Å². The van der Waals surface area contributed by atoms with Gasteiger partial charge in [-0.1, -0.05) is 43.2 Å². The van der Waals surface area contributed by atoms with Crippen molar-refractivity contribution in [3.8, 4) is 0 Å². The number of nitrogens with zero attached hydrogens (tertiary/aromatic N) is 3. The molecule has 2 aromatic rings. The third-order valence-electron chi connectivity index (χ3n) is 8.65. The predicted octanol–water partition coefficient (Wildman–Crippen LogP) is 3.99. The molecule has 3 fully saturated rings. The summed E-state index contributed by atoms with van der Waals surface area (Å²) < 4.78 is 0.857. The molecule has 1 N–H and O–H groups in total. The summed E-state index contributed by atoms with van der Waals surface area (Å²) in [7, 11) is 0. The zero-order chi connectivity index (χ0) is 25.0. The van der Waals surface area contributed by atoms with Crippen LogP contribution in [0.2, 0.25) is 0 Å². The quantitative estimate of drug-likeness (QED) is 0.416. The number of hydrogen-bond donors (Lipinski definition) is 1. The second-order valence-corrected chi connectivity index (χ2v) is 10.9. The van der Waals surface area contributed by atoms with Crippen LogP contribution in [0.5, 0.6) is 0 Å². The first-order valence-corrected chi connectivity index (χ1v) is 13.6. The molecule has 7 nitrogen and oxygen atoms in total. The van der Waals surface area contributed by atoms with Crippen LogP contribution in [-0.2, 0) is 16.1 Å². The minimum Gasteiger partial charge on any atom is -0.618 e. The number of piperidine rings is 1. The van der Waals surface area contributed by atoms with Crippen molar-refractivity contribution >= 4 is 24.2 Å². The van der Waals surface area contributed by atoms with E-state index in [1.807, 2.05) is 29.2 Å². The number of pyridine rings is 1. The summed E-state index contributed by atoms with van der Waals surface area (Å²) >= 11 is 0. The summed E-state index contributed by atoms with van der Waals surface area (Å²) in [5.74, 6) is 0.569. The first-order chi connectivity index (χ1) is 17.5. The van der Waals surface area contributed by atoms with Gasteiger partial charge in [0.2, 0.25) is 17.5 Å². The van der Waals surface area contributed by atoms with E-state index >= 15 is 0 Å². The van der Waals surface area contributed by atoms with Crippen LogP contribution < -0.4 is 10.0 Å². The van der Waals surface area contributed by atoms with Crippen LogP contribution in [0, 0.1) is 16.5 Å². The number of hydrogen-bond acceptors (Lipinski definition) is 4. The maximum absolute atomic E-state index is 13.4. The zero-order valence-electron chi connectivity index (χ0n) is 21.5. The van der Waals surface area contributed by atoms with E-state index < -0.39 is 0 Å². The molecule has 1 spiro atoms. The Bertz CT molecular complexity index is 1050. The second kappa shape index (κ2) is 12.3. The molecular formula is C29H39ClN4O3. The van der Waals surface area contributed by atoms with E-state index in [0.29, 0.717) is 12.2 Å². The van der Waals surface area contributed by atoms with Gasteiger partial charge in [-0.25, -0.2) is 0 Å². The van der Waals surface area contributed by atoms with Crippen molar-refractivity contribution in [3.05, 3.63) is 71.2 Å². The fourth-order valence-corrected chi connectivity index (χ4v) is 6.29. The lowest BCUT2D eigenvalue weighted by Crippen LogP contribution is -2.46. The van der Waals surface area contributed by atoms with Gasteiger partial charge in [0.1, 0.15) is 6.54 Å². The summed E-state index contributed by atoms with van der Waals surface area (Å²) in [6, 6.07) is 15.7. The number of amides is 2. The molecule has 5 rings (SSSR count). The summed E-state index contributed by atoms with van der Waals surface area (Å²) in [4.78, 5) is 30.5. The normalized spacial score (nSPS) is 20.6. The SMILES string of the molecule is Cl.O=C(N[C@@H](CCN1CCC2(CC1)CCN(Cc1cccc[n+]1[O-])C2=O)c1ccccc1)C1CCCC1. The van der Waals surface area contributed by atoms with Crippen LogP contribution >= 0.6 is 12.4 Å². The Morgan fingerprint density at radius 1 is 1.03 bits per heavy atom. The van der Waals surface area contributed by atoms with E-state index in [4.69, 9.17) is 0 Å². The van der Waals surface area contributed by atoms with Crippen LogP contribution in [0.3, 0.4) is 0 Å². The number of benzene rings is 1. The van der Waals surface area contributed by atoms with Crippen molar-refractivity contribution in [2.75, 3.05) is 26.2 Å². The Morgan fingerprint density at radius 3 is 2.41 bits per heavy atom. The smallest absolute Gasteiger partial charge is 0.229 e. The van der Waals surface area contributed by atoms with Crippen LogP contribution in [-0.4, -0.2) is 47.8 Å². The molecule has 3 aliphatic rings. The maximum atomic E-state index is 13.4. The molecule has 2 aliphatic heterocycles. The number of halogens is 1. The topological polar surface area (TPSA) is 79.6 Å². The van der Waals surface area contributed by atoms with Gasteiger partial charge in [0.25, 0.3) is 0 Å². The Kier molecular flexibility index (Phi) is 9.08. The zero-order valence-corrected chi connectivity index (χ0v) is 22.3. The molecule has 200 valence electrons. The lowest BCUT2D eigenvalue weighted by Gasteiger charge is -2.38. The lowest BCUT2D eigenvalue weighted by molar-refractivity contribution is -0.615. The third-order valence-corrected chi connectivity index (χ3v) is 8.65. The fourth-order valence-electron chi connectivity index (χ4n) is 6.29. The summed E-state index contributed by atoms with van der Waals surface area (Å²) in [5, 5.41) is 15.4. The number of carbonyl (C=O) groups is 2. The van der Waals surface area contributed by atoms with Crippen LogP contribution in [0.1, 0.15) is 68.7 Å². The first-order valence-electron chi connectivity index (χ1n) is 13.6. The Morgan fingerprint density at radius 2 is 1.70 bits per heavy atom. The molecule has 0 radical (unpaired) electrons. The number of rotatable bonds is 8. The van der Waals surface area contributed by atoms with Crippen molar-refractivity contribution in [2.24, 2.45) is 11.3 Å². The maximum Gasteiger partial charge on any atom is 0.229 e. The highest BCUT2D eigenvalue weighted by Crippen LogP contribution is 2.42. The van der Waals surface area contributed by atoms with Gasteiger partial charge in [-0.2, -0.15) is 4.73 Å². The van der Waals surface area contributed by atoms with E-state index in [0.717, 1.165) is 87.8 Å². The monoisotopic (exact) mass is 526 g/mol. The van der Waals surface area contributed by atoms with Gasteiger partial charge in [0.15, 0.2) is 6.20 Å². The Labute approximate surface area is 226 Å². The van der Waals surface area contributed by atoms with Gasteiger partial charge in [0, 0.05) is 31.1 Å². The van der Waals surface area contributed by atoms with Gasteiger partial charge in [-0.05, 0) is 63.2 Å². The largest absolute Gasteiger partial charge is 0.618 e. The Hall–Kier alpha value is -2.64. The predicted molar refractivity (Wildman–Crippen MR) is 145 cm³/mol. The highest BCUT2D eigenvalue weighted by atomic mass is 35.5. The Balaban J connectivity index is 0.00000320. The van der Waals surface area contributed by atoms with Gasteiger partial charge >= 0.3 is 0 Å². The van der Waals surface area contributed by atoms with E-state index in [9.17, 15) is 14.8 Å². The minimum atomic E-state index is -0.283. The molecule has 2 saturated heterocycles. The lowest BCUT2D eigenvalue weighted by atomic mass is 9.77. The number of aromatic nitrogens is 1. The van der Waals surface area contributed by atoms with Crippen molar-refractivity contribution in [2.45, 2.75) is 64.0 Å². The van der Waals surface area contributed by atoms with Gasteiger partial charge in [-0.3, -0.25) is 9.59 Å². The van der Waals surface area contributed by atoms with Gasteiger partial charge in [0.05, 0.1) is 11.5 Å². The molecule has 8 heteroatoms. The summed E-state index contributed by atoms with van der Waals surface area (Å²) in [6.45, 7) is 3.79. The van der Waals surface area contributed by atoms with Crippen molar-refractivity contribution in [1.29, 1.82) is 0 Å². The summed E-state index contributed by atoms with van der Waals surface area (Å²) in [6.07, 6.45) is 9.27. The van der Waals surface area contributed by atoms with E-state index in [1.54, 1.807) is 12.1 Å². The highest BCUT2D eigenvalue weighted by Gasteiger charge is 2.48. The average molecular weight is 527 g/mol. The molecule has 1 aliphatic carbocycles. The molecule has 3 heterocycles. The molecule has 0 unspecified atom stereocenters. The van der Waals surface area contributed by atoms with Crippen molar-refractivity contribution < 1.29 is 14.3 Å². The van der Waals surface area contributed by atoms with Gasteiger partial charge < -0.3 is 20.3 Å². The molecular weight excluding hydrogens is 488 g/mol. The van der Waals surface area contributed by atoms with Crippen molar-refractivity contribution in [1.82, 2.24) is 15.1 Å². The number of likely N-dealkylation sites (tertiary alicyclic amines) is 2. The first kappa shape index (κ1) is 27.4. The number of nitrogens with one attached hydrogen (secondary N) is 1. The molecule has 0 bridgehead atoms. The third kappa shape index (κ3) is 6.27. The van der Waals surface area contributed by atoms with E-state index in [-0.39, 0.29) is 41.6 Å². The molecule has 37 heavy (non-hydrogen) atoms. The van der Waals surface area contributed by atoms with Crippen LogP contribution in [0.4, 0.5) is 0 Å². The molecule has 1 saturated carbocycles. The minimum absolute atomic E-state index is 0. The van der Waals surface area contributed by atoms with Crippen molar-refractivity contribution in [3.63, 3.8) is 0 Å². The second-order valence-electron chi connectivity index (χ2n) is 10.9. The molecule has 1 aromatic heterocycles. The van der Waals surface area contributed by atoms with Crippen LogP contribution in [0.15, 0.2) is 54.7 Å². The average Bonchev–Trinajstić information content (AvgIpc) is 3.55. The highest BCUT2D eigenvalue weighted by molar-refractivity contribution is 5.85. The number of carbonyl (C=O) groups excluding carboxylic acids is 2. The molecule has 1 atom stereocenters. The summed E-state index contributed by atoms with van der Waals surface area (Å²) in [5.41, 5.74) is 1.50. The molecule has 2 amide bonds. The standard InChI is InChI=1S/C29H38N4O3.ClH/c34-27(24-10-4-5-11-24)30-26(23-8-2-1-3-9-23)13-18-31-19-14-29(15-20-31)16-21-32(28(29)35)22-25-12-6-7-17-33(25)36;/h1-3,6-9,12,17,24,26H,4-5,10-11,13-16,18-22H2,(H,30,34);1H/t26-;/m0./s1. The van der Waals surface area contributed by atoms with Crippen LogP contribution in [0.25, 0.3) is 0 Å².